The highest BCUT2D eigenvalue weighted by Gasteiger charge is 2.33. The summed E-state index contributed by atoms with van der Waals surface area (Å²) in [5.74, 6) is 0.492. The van der Waals surface area contributed by atoms with Gasteiger partial charge < -0.3 is 15.0 Å². The van der Waals surface area contributed by atoms with E-state index in [0.717, 1.165) is 25.8 Å². The Morgan fingerprint density at radius 1 is 1.15 bits per heavy atom. The maximum absolute atomic E-state index is 12.3. The molecule has 0 aromatic heterocycles. The normalized spacial score (nSPS) is 23.9. The van der Waals surface area contributed by atoms with E-state index < -0.39 is 11.7 Å². The molecular formula is C15H26N2O3. The van der Waals surface area contributed by atoms with Crippen LogP contribution in [-0.2, 0) is 9.53 Å². The molecule has 114 valence electrons. The number of nitrogens with one attached hydrogen (secondary N) is 1. The van der Waals surface area contributed by atoms with Crippen molar-refractivity contribution in [2.45, 2.75) is 64.5 Å². The van der Waals surface area contributed by atoms with E-state index in [1.165, 1.54) is 12.8 Å². The first-order valence-corrected chi connectivity index (χ1v) is 7.63. The number of carbonyl (C=O) groups is 2. The van der Waals surface area contributed by atoms with Crippen LogP contribution < -0.4 is 5.32 Å². The lowest BCUT2D eigenvalue weighted by Crippen LogP contribution is -2.42. The standard InChI is InChI=1S/C15H26N2O3/c1-15(2,3)20-14(19)16-12-8-9-17(10-12)13(18)11-6-4-5-7-11/h11-12H,4-10H2,1-3H3,(H,16,19)/t12-/m1/s1. The zero-order chi connectivity index (χ0) is 14.8. The summed E-state index contributed by atoms with van der Waals surface area (Å²) in [5.41, 5.74) is -0.484. The Hall–Kier alpha value is -1.26. The van der Waals surface area contributed by atoms with Gasteiger partial charge in [-0.25, -0.2) is 4.79 Å². The molecule has 1 heterocycles. The third-order valence-corrected chi connectivity index (χ3v) is 3.93. The smallest absolute Gasteiger partial charge is 0.407 e. The Labute approximate surface area is 121 Å². The molecule has 0 aromatic rings. The average Bonchev–Trinajstić information content (AvgIpc) is 2.95. The van der Waals surface area contributed by atoms with Gasteiger partial charge in [0.1, 0.15) is 5.60 Å². The van der Waals surface area contributed by atoms with Crippen molar-refractivity contribution >= 4 is 12.0 Å². The molecule has 1 N–H and O–H groups in total. The van der Waals surface area contributed by atoms with Crippen molar-refractivity contribution in [1.29, 1.82) is 0 Å². The second-order valence-electron chi connectivity index (χ2n) is 6.90. The van der Waals surface area contributed by atoms with Crippen molar-refractivity contribution in [1.82, 2.24) is 10.2 Å². The van der Waals surface area contributed by atoms with Gasteiger partial charge >= 0.3 is 6.09 Å². The van der Waals surface area contributed by atoms with E-state index in [2.05, 4.69) is 5.32 Å². The van der Waals surface area contributed by atoms with Crippen molar-refractivity contribution in [3.63, 3.8) is 0 Å². The molecule has 2 fully saturated rings. The third-order valence-electron chi connectivity index (χ3n) is 3.93. The topological polar surface area (TPSA) is 58.6 Å². The minimum absolute atomic E-state index is 0.0233. The molecule has 2 rings (SSSR count). The molecule has 0 aromatic carbocycles. The van der Waals surface area contributed by atoms with Gasteiger partial charge in [-0.3, -0.25) is 4.79 Å². The summed E-state index contributed by atoms with van der Waals surface area (Å²) in [6.45, 7) is 6.90. The molecule has 1 saturated heterocycles. The summed E-state index contributed by atoms with van der Waals surface area (Å²) >= 11 is 0. The van der Waals surface area contributed by atoms with Crippen LogP contribution in [0.4, 0.5) is 4.79 Å². The first-order chi connectivity index (χ1) is 9.35. The summed E-state index contributed by atoms with van der Waals surface area (Å²) in [6, 6.07) is 0.0233. The van der Waals surface area contributed by atoms with E-state index in [9.17, 15) is 9.59 Å². The van der Waals surface area contributed by atoms with Gasteiger partial charge in [0, 0.05) is 19.0 Å². The number of likely N-dealkylation sites (tertiary alicyclic amines) is 1. The second-order valence-corrected chi connectivity index (χ2v) is 6.90. The Morgan fingerprint density at radius 2 is 1.80 bits per heavy atom. The summed E-state index contributed by atoms with van der Waals surface area (Å²) < 4.78 is 5.24. The predicted molar refractivity (Wildman–Crippen MR) is 76.3 cm³/mol. The first-order valence-electron chi connectivity index (χ1n) is 7.63. The molecule has 5 nitrogen and oxygen atoms in total. The van der Waals surface area contributed by atoms with Crippen molar-refractivity contribution < 1.29 is 14.3 Å². The van der Waals surface area contributed by atoms with Crippen LogP contribution >= 0.6 is 0 Å². The fourth-order valence-electron chi connectivity index (χ4n) is 2.98. The minimum atomic E-state index is -0.484. The molecule has 20 heavy (non-hydrogen) atoms. The monoisotopic (exact) mass is 282 g/mol. The zero-order valence-corrected chi connectivity index (χ0v) is 12.8. The lowest BCUT2D eigenvalue weighted by atomic mass is 10.1. The molecule has 2 aliphatic rings. The lowest BCUT2D eigenvalue weighted by molar-refractivity contribution is -0.134. The van der Waals surface area contributed by atoms with Gasteiger partial charge in [0.2, 0.25) is 5.91 Å². The SMILES string of the molecule is CC(C)(C)OC(=O)N[C@@H]1CCN(C(=O)C2CCCC2)C1. The molecular weight excluding hydrogens is 256 g/mol. The summed E-state index contributed by atoms with van der Waals surface area (Å²) in [7, 11) is 0. The molecule has 2 amide bonds. The molecule has 5 heteroatoms. The van der Waals surface area contributed by atoms with E-state index in [-0.39, 0.29) is 17.9 Å². The highest BCUT2D eigenvalue weighted by atomic mass is 16.6. The van der Waals surface area contributed by atoms with Crippen LogP contribution in [0.15, 0.2) is 0 Å². The number of hydrogen-bond donors (Lipinski definition) is 1. The zero-order valence-electron chi connectivity index (χ0n) is 12.8. The van der Waals surface area contributed by atoms with Gasteiger partial charge in [-0.2, -0.15) is 0 Å². The third kappa shape index (κ3) is 4.12. The molecule has 1 aliphatic carbocycles. The summed E-state index contributed by atoms with van der Waals surface area (Å²) in [6.07, 6.45) is 4.82. The van der Waals surface area contributed by atoms with Crippen LogP contribution in [0.5, 0.6) is 0 Å². The average molecular weight is 282 g/mol. The number of hydrogen-bond acceptors (Lipinski definition) is 3. The fourth-order valence-corrected chi connectivity index (χ4v) is 2.98. The highest BCUT2D eigenvalue weighted by Crippen LogP contribution is 2.27. The lowest BCUT2D eigenvalue weighted by Gasteiger charge is -2.23. The molecule has 1 aliphatic heterocycles. The fraction of sp³-hybridized carbons (Fsp3) is 0.867. The largest absolute Gasteiger partial charge is 0.444 e. The number of alkyl carbamates (subject to hydrolysis) is 1. The van der Waals surface area contributed by atoms with Crippen LogP contribution in [-0.4, -0.2) is 41.6 Å². The van der Waals surface area contributed by atoms with E-state index in [1.807, 2.05) is 25.7 Å². The number of ether oxygens (including phenoxy) is 1. The van der Waals surface area contributed by atoms with Gasteiger partial charge in [-0.1, -0.05) is 12.8 Å². The van der Waals surface area contributed by atoms with E-state index in [4.69, 9.17) is 4.74 Å². The van der Waals surface area contributed by atoms with Crippen LogP contribution in [0.1, 0.15) is 52.9 Å². The van der Waals surface area contributed by atoms with Gasteiger partial charge in [-0.05, 0) is 40.0 Å². The van der Waals surface area contributed by atoms with Crippen LogP contribution in [0, 0.1) is 5.92 Å². The van der Waals surface area contributed by atoms with E-state index in [1.54, 1.807) is 0 Å². The van der Waals surface area contributed by atoms with Crippen LogP contribution in [0.3, 0.4) is 0 Å². The molecule has 1 atom stereocenters. The van der Waals surface area contributed by atoms with Crippen molar-refractivity contribution in [3.05, 3.63) is 0 Å². The Morgan fingerprint density at radius 3 is 2.40 bits per heavy atom. The molecule has 1 saturated carbocycles. The maximum atomic E-state index is 12.3. The molecule has 0 radical (unpaired) electrons. The Balaban J connectivity index is 1.77. The first kappa shape index (κ1) is 15.1. The second kappa shape index (κ2) is 6.02. The molecule has 0 bridgehead atoms. The summed E-state index contributed by atoms with van der Waals surface area (Å²) in [4.78, 5) is 25.9. The minimum Gasteiger partial charge on any atom is -0.444 e. The van der Waals surface area contributed by atoms with Gasteiger partial charge in [0.25, 0.3) is 0 Å². The van der Waals surface area contributed by atoms with Crippen LogP contribution in [0.25, 0.3) is 0 Å². The maximum Gasteiger partial charge on any atom is 0.407 e. The molecule has 0 spiro atoms. The highest BCUT2D eigenvalue weighted by molar-refractivity contribution is 5.79. The van der Waals surface area contributed by atoms with Crippen molar-refractivity contribution in [2.75, 3.05) is 13.1 Å². The molecule has 0 unspecified atom stereocenters. The van der Waals surface area contributed by atoms with Crippen molar-refractivity contribution in [3.8, 4) is 0 Å². The number of amides is 2. The Bertz CT molecular complexity index is 370. The number of rotatable bonds is 2. The van der Waals surface area contributed by atoms with Crippen molar-refractivity contribution in [2.24, 2.45) is 5.92 Å². The van der Waals surface area contributed by atoms with Crippen LogP contribution in [0.2, 0.25) is 0 Å². The number of carbonyl (C=O) groups excluding carboxylic acids is 2. The Kier molecular flexibility index (Phi) is 4.55. The van der Waals surface area contributed by atoms with E-state index in [0.29, 0.717) is 6.54 Å². The van der Waals surface area contributed by atoms with E-state index >= 15 is 0 Å². The number of nitrogens with zero attached hydrogens (tertiary/aromatic N) is 1. The van der Waals surface area contributed by atoms with Gasteiger partial charge in [0.05, 0.1) is 6.04 Å². The van der Waals surface area contributed by atoms with Gasteiger partial charge in [0.15, 0.2) is 0 Å². The summed E-state index contributed by atoms with van der Waals surface area (Å²) in [5, 5.41) is 2.86. The predicted octanol–water partition coefficient (Wildman–Crippen LogP) is 2.30. The van der Waals surface area contributed by atoms with Gasteiger partial charge in [-0.15, -0.1) is 0 Å². The quantitative estimate of drug-likeness (QED) is 0.845.